The van der Waals surface area contributed by atoms with Crippen molar-refractivity contribution in [1.29, 1.82) is 5.26 Å². The highest BCUT2D eigenvalue weighted by Gasteiger charge is 2.25. The Labute approximate surface area is 107 Å². The van der Waals surface area contributed by atoms with Gasteiger partial charge < -0.3 is 9.84 Å². The largest absolute Gasteiger partial charge is 0.338 e. The second-order valence-electron chi connectivity index (χ2n) is 5.58. The number of hydrogen-bond donors (Lipinski definition) is 1. The van der Waals surface area contributed by atoms with E-state index in [0.717, 1.165) is 13.1 Å². The first kappa shape index (κ1) is 13.0. The predicted octanol–water partition coefficient (Wildman–Crippen LogP) is 0.664. The summed E-state index contributed by atoms with van der Waals surface area (Å²) in [5, 5.41) is 16.3. The Bertz CT molecular complexity index is 442. The average molecular weight is 249 g/mol. The van der Waals surface area contributed by atoms with Gasteiger partial charge in [-0.1, -0.05) is 25.9 Å². The fourth-order valence-electron chi connectivity index (χ4n) is 1.86. The molecule has 1 saturated heterocycles. The van der Waals surface area contributed by atoms with Gasteiger partial charge in [0.1, 0.15) is 6.04 Å². The number of piperazine rings is 1. The first-order chi connectivity index (χ1) is 8.50. The molecule has 6 nitrogen and oxygen atoms in total. The molecule has 0 amide bonds. The summed E-state index contributed by atoms with van der Waals surface area (Å²) in [5.41, 5.74) is -0.111. The van der Waals surface area contributed by atoms with Crippen LogP contribution in [0.3, 0.4) is 0 Å². The van der Waals surface area contributed by atoms with Crippen LogP contribution >= 0.6 is 0 Å². The molecule has 6 heteroatoms. The van der Waals surface area contributed by atoms with E-state index in [4.69, 9.17) is 9.78 Å². The highest BCUT2D eigenvalue weighted by atomic mass is 16.5. The summed E-state index contributed by atoms with van der Waals surface area (Å²) >= 11 is 0. The fourth-order valence-corrected chi connectivity index (χ4v) is 1.86. The van der Waals surface area contributed by atoms with Crippen LogP contribution in [-0.4, -0.2) is 40.7 Å². The third-order valence-corrected chi connectivity index (χ3v) is 2.98. The highest BCUT2D eigenvalue weighted by Crippen LogP contribution is 2.19. The van der Waals surface area contributed by atoms with Crippen molar-refractivity contribution < 1.29 is 4.52 Å². The van der Waals surface area contributed by atoms with E-state index in [1.54, 1.807) is 0 Å². The van der Waals surface area contributed by atoms with Crippen LogP contribution in [0, 0.1) is 11.3 Å². The summed E-state index contributed by atoms with van der Waals surface area (Å²) in [5.74, 6) is 1.29. The van der Waals surface area contributed by atoms with Gasteiger partial charge in [0.05, 0.1) is 12.6 Å². The zero-order chi connectivity index (χ0) is 13.2. The highest BCUT2D eigenvalue weighted by molar-refractivity contribution is 5.02. The molecule has 2 heterocycles. The Morgan fingerprint density at radius 2 is 2.33 bits per heavy atom. The lowest BCUT2D eigenvalue weighted by Gasteiger charge is -2.30. The number of nitrogens with zero attached hydrogens (tertiary/aromatic N) is 4. The maximum Gasteiger partial charge on any atom is 0.240 e. The van der Waals surface area contributed by atoms with Gasteiger partial charge in [0.25, 0.3) is 0 Å². The molecule has 1 N–H and O–H groups in total. The van der Waals surface area contributed by atoms with Crippen LogP contribution in [0.2, 0.25) is 0 Å². The van der Waals surface area contributed by atoms with Crippen LogP contribution in [0.5, 0.6) is 0 Å². The number of nitrogens with one attached hydrogen (secondary N) is 1. The number of nitriles is 1. The molecule has 0 saturated carbocycles. The molecular formula is C12H19N5O. The van der Waals surface area contributed by atoms with E-state index in [1.165, 1.54) is 0 Å². The van der Waals surface area contributed by atoms with Crippen LogP contribution in [0.4, 0.5) is 0 Å². The van der Waals surface area contributed by atoms with Gasteiger partial charge in [-0.25, -0.2) is 0 Å². The summed E-state index contributed by atoms with van der Waals surface area (Å²) in [4.78, 5) is 6.46. The zero-order valence-corrected chi connectivity index (χ0v) is 11.1. The van der Waals surface area contributed by atoms with Crippen LogP contribution in [0.1, 0.15) is 32.5 Å². The lowest BCUT2D eigenvalue weighted by Crippen LogP contribution is -2.50. The van der Waals surface area contributed by atoms with Gasteiger partial charge in [-0.05, 0) is 0 Å². The predicted molar refractivity (Wildman–Crippen MR) is 65.7 cm³/mol. The minimum atomic E-state index is -0.122. The van der Waals surface area contributed by atoms with Crippen LogP contribution in [0.15, 0.2) is 4.52 Å². The molecule has 1 aromatic heterocycles. The smallest absolute Gasteiger partial charge is 0.240 e. The monoisotopic (exact) mass is 249 g/mol. The molecule has 0 spiro atoms. The van der Waals surface area contributed by atoms with Crippen molar-refractivity contribution >= 4 is 0 Å². The van der Waals surface area contributed by atoms with Gasteiger partial charge >= 0.3 is 0 Å². The molecule has 1 fully saturated rings. The van der Waals surface area contributed by atoms with Gasteiger partial charge in [0.15, 0.2) is 5.82 Å². The van der Waals surface area contributed by atoms with E-state index >= 15 is 0 Å². The quantitative estimate of drug-likeness (QED) is 0.829. The molecule has 1 aliphatic rings. The van der Waals surface area contributed by atoms with E-state index in [9.17, 15) is 0 Å². The lowest BCUT2D eigenvalue weighted by molar-refractivity contribution is 0.166. The van der Waals surface area contributed by atoms with Crippen molar-refractivity contribution in [1.82, 2.24) is 20.4 Å². The molecule has 2 rings (SSSR count). The van der Waals surface area contributed by atoms with E-state index in [2.05, 4.69) is 26.4 Å². The summed E-state index contributed by atoms with van der Waals surface area (Å²) in [6, 6.07) is 2.16. The third kappa shape index (κ3) is 2.86. The zero-order valence-electron chi connectivity index (χ0n) is 11.1. The Balaban J connectivity index is 2.05. The van der Waals surface area contributed by atoms with Crippen LogP contribution in [-0.2, 0) is 12.0 Å². The standard InChI is InChI=1S/C12H19N5O/c1-12(2,3)11-15-10(18-16-11)8-17-5-4-14-7-9(17)6-13/h9,14H,4-5,7-8H2,1-3H3. The minimum Gasteiger partial charge on any atom is -0.338 e. The Morgan fingerprint density at radius 3 is 2.94 bits per heavy atom. The maximum atomic E-state index is 9.08. The molecule has 1 aliphatic heterocycles. The molecule has 18 heavy (non-hydrogen) atoms. The first-order valence-electron chi connectivity index (χ1n) is 6.18. The Morgan fingerprint density at radius 1 is 1.56 bits per heavy atom. The summed E-state index contributed by atoms with van der Waals surface area (Å²) in [6.45, 7) is 9.09. The van der Waals surface area contributed by atoms with Crippen molar-refractivity contribution in [3.05, 3.63) is 11.7 Å². The van der Waals surface area contributed by atoms with Crippen molar-refractivity contribution in [3.8, 4) is 6.07 Å². The van der Waals surface area contributed by atoms with Gasteiger partial charge in [0.2, 0.25) is 5.89 Å². The molecule has 1 unspecified atom stereocenters. The van der Waals surface area contributed by atoms with Gasteiger partial charge in [-0.15, -0.1) is 0 Å². The van der Waals surface area contributed by atoms with Crippen molar-refractivity contribution in [2.45, 2.75) is 38.8 Å². The lowest BCUT2D eigenvalue weighted by atomic mass is 9.96. The van der Waals surface area contributed by atoms with E-state index in [0.29, 0.717) is 24.8 Å². The fraction of sp³-hybridized carbons (Fsp3) is 0.750. The van der Waals surface area contributed by atoms with Gasteiger partial charge in [-0.2, -0.15) is 10.2 Å². The molecule has 1 atom stereocenters. The van der Waals surface area contributed by atoms with Gasteiger partial charge in [0, 0.05) is 25.0 Å². The van der Waals surface area contributed by atoms with E-state index in [-0.39, 0.29) is 11.5 Å². The van der Waals surface area contributed by atoms with Crippen LogP contribution in [0.25, 0.3) is 0 Å². The van der Waals surface area contributed by atoms with Crippen molar-refractivity contribution in [3.63, 3.8) is 0 Å². The van der Waals surface area contributed by atoms with Crippen molar-refractivity contribution in [2.24, 2.45) is 0 Å². The first-order valence-corrected chi connectivity index (χ1v) is 6.18. The summed E-state index contributed by atoms with van der Waals surface area (Å²) in [6.07, 6.45) is 0. The second kappa shape index (κ2) is 5.04. The molecular weight excluding hydrogens is 230 g/mol. The molecule has 0 radical (unpaired) electrons. The van der Waals surface area contributed by atoms with Gasteiger partial charge in [-0.3, -0.25) is 4.90 Å². The summed E-state index contributed by atoms with van der Waals surface area (Å²) in [7, 11) is 0. The number of aromatic nitrogens is 2. The molecule has 1 aromatic rings. The van der Waals surface area contributed by atoms with E-state index < -0.39 is 0 Å². The number of rotatable bonds is 2. The van der Waals surface area contributed by atoms with Crippen molar-refractivity contribution in [2.75, 3.05) is 19.6 Å². The Kier molecular flexibility index (Phi) is 3.64. The Hall–Kier alpha value is -1.45. The molecule has 0 bridgehead atoms. The minimum absolute atomic E-state index is 0.111. The SMILES string of the molecule is CC(C)(C)c1noc(CN2CCNCC2C#N)n1. The third-order valence-electron chi connectivity index (χ3n) is 2.98. The van der Waals surface area contributed by atoms with Crippen LogP contribution < -0.4 is 5.32 Å². The topological polar surface area (TPSA) is 78.0 Å². The molecule has 0 aromatic carbocycles. The second-order valence-corrected chi connectivity index (χ2v) is 5.58. The number of hydrogen-bond acceptors (Lipinski definition) is 6. The molecule has 0 aliphatic carbocycles. The molecule has 98 valence electrons. The maximum absolute atomic E-state index is 9.08. The van der Waals surface area contributed by atoms with E-state index in [1.807, 2.05) is 20.8 Å². The normalized spacial score (nSPS) is 21.8. The average Bonchev–Trinajstić information content (AvgIpc) is 2.78. The summed E-state index contributed by atoms with van der Waals surface area (Å²) < 4.78 is 5.25.